The predicted octanol–water partition coefficient (Wildman–Crippen LogP) is 3.13. The SMILES string of the molecule is O=C1COc2ccc(C(=O)CSc3ccccc3F)cc2N1. The van der Waals surface area contributed by atoms with Gasteiger partial charge in [0.05, 0.1) is 11.4 Å². The molecule has 6 heteroatoms. The highest BCUT2D eigenvalue weighted by Crippen LogP contribution is 2.29. The molecule has 0 spiro atoms. The Morgan fingerprint density at radius 1 is 1.27 bits per heavy atom. The Labute approximate surface area is 130 Å². The standard InChI is InChI=1S/C16H12FNO3S/c17-11-3-1-2-4-15(11)22-9-13(19)10-5-6-14-12(7-10)18-16(20)8-21-14/h1-7H,8-9H2,(H,18,20). The summed E-state index contributed by atoms with van der Waals surface area (Å²) in [6.45, 7) is -0.0244. The number of rotatable bonds is 4. The fourth-order valence-corrected chi connectivity index (χ4v) is 2.88. The third-order valence-corrected chi connectivity index (χ3v) is 4.18. The first kappa shape index (κ1) is 14.6. The van der Waals surface area contributed by atoms with Crippen LogP contribution in [0.5, 0.6) is 5.75 Å². The second-order valence-electron chi connectivity index (χ2n) is 4.69. The van der Waals surface area contributed by atoms with Gasteiger partial charge in [-0.3, -0.25) is 9.59 Å². The number of thioether (sulfide) groups is 1. The molecule has 2 aromatic rings. The summed E-state index contributed by atoms with van der Waals surface area (Å²) in [7, 11) is 0. The maximum Gasteiger partial charge on any atom is 0.262 e. The maximum absolute atomic E-state index is 13.5. The molecule has 1 heterocycles. The van der Waals surface area contributed by atoms with Crippen LogP contribution < -0.4 is 10.1 Å². The summed E-state index contributed by atoms with van der Waals surface area (Å²) in [5.74, 6) is -0.0767. The molecule has 0 fully saturated rings. The third-order valence-electron chi connectivity index (χ3n) is 3.13. The number of fused-ring (bicyclic) bond motifs is 1. The first-order chi connectivity index (χ1) is 10.6. The molecule has 0 bridgehead atoms. The largest absolute Gasteiger partial charge is 0.482 e. The van der Waals surface area contributed by atoms with Crippen molar-refractivity contribution in [3.8, 4) is 5.75 Å². The summed E-state index contributed by atoms with van der Waals surface area (Å²) in [5, 5.41) is 2.66. The van der Waals surface area contributed by atoms with Crippen LogP contribution in [0.1, 0.15) is 10.4 Å². The highest BCUT2D eigenvalue weighted by molar-refractivity contribution is 8.00. The Hall–Kier alpha value is -2.34. The van der Waals surface area contributed by atoms with E-state index in [0.29, 0.717) is 21.9 Å². The minimum absolute atomic E-state index is 0.0244. The van der Waals surface area contributed by atoms with Crippen LogP contribution in [0.25, 0.3) is 0 Å². The molecule has 2 aromatic carbocycles. The van der Waals surface area contributed by atoms with E-state index >= 15 is 0 Å². The molecule has 4 nitrogen and oxygen atoms in total. The van der Waals surface area contributed by atoms with Gasteiger partial charge in [-0.1, -0.05) is 12.1 Å². The summed E-state index contributed by atoms with van der Waals surface area (Å²) in [6, 6.07) is 11.2. The van der Waals surface area contributed by atoms with Crippen molar-refractivity contribution >= 4 is 29.1 Å². The number of nitrogens with one attached hydrogen (secondary N) is 1. The van der Waals surface area contributed by atoms with Crippen molar-refractivity contribution in [1.82, 2.24) is 0 Å². The Balaban J connectivity index is 1.72. The Morgan fingerprint density at radius 3 is 2.91 bits per heavy atom. The molecule has 1 aliphatic rings. The average Bonchev–Trinajstić information content (AvgIpc) is 2.53. The number of hydrogen-bond donors (Lipinski definition) is 1. The van der Waals surface area contributed by atoms with Crippen molar-refractivity contribution in [3.63, 3.8) is 0 Å². The summed E-state index contributed by atoms with van der Waals surface area (Å²) in [4.78, 5) is 23.9. The number of halogens is 1. The first-order valence-corrected chi connectivity index (χ1v) is 7.59. The number of benzene rings is 2. The molecule has 0 unspecified atom stereocenters. The van der Waals surface area contributed by atoms with Crippen LogP contribution >= 0.6 is 11.8 Å². The van der Waals surface area contributed by atoms with Crippen molar-refractivity contribution in [1.29, 1.82) is 0 Å². The molecule has 1 amide bonds. The lowest BCUT2D eigenvalue weighted by atomic mass is 10.1. The lowest BCUT2D eigenvalue weighted by Crippen LogP contribution is -2.25. The van der Waals surface area contributed by atoms with E-state index in [0.717, 1.165) is 11.8 Å². The zero-order chi connectivity index (χ0) is 15.5. The van der Waals surface area contributed by atoms with Gasteiger partial charge in [-0.05, 0) is 30.3 Å². The number of anilines is 1. The van der Waals surface area contributed by atoms with Gasteiger partial charge in [-0.25, -0.2) is 4.39 Å². The van der Waals surface area contributed by atoms with Gasteiger partial charge in [-0.2, -0.15) is 0 Å². The van der Waals surface area contributed by atoms with E-state index in [2.05, 4.69) is 5.32 Å². The molecule has 1 aliphatic heterocycles. The van der Waals surface area contributed by atoms with E-state index in [4.69, 9.17) is 4.74 Å². The number of carbonyl (C=O) groups is 2. The number of carbonyl (C=O) groups excluding carboxylic acids is 2. The number of hydrogen-bond acceptors (Lipinski definition) is 4. The van der Waals surface area contributed by atoms with Crippen LogP contribution in [0.3, 0.4) is 0 Å². The number of ether oxygens (including phenoxy) is 1. The zero-order valence-electron chi connectivity index (χ0n) is 11.5. The van der Waals surface area contributed by atoms with Crippen molar-refractivity contribution in [3.05, 3.63) is 53.8 Å². The van der Waals surface area contributed by atoms with Crippen molar-refractivity contribution in [2.75, 3.05) is 17.7 Å². The number of amides is 1. The Bertz CT molecular complexity index is 748. The summed E-state index contributed by atoms with van der Waals surface area (Å²) < 4.78 is 18.8. The van der Waals surface area contributed by atoms with Gasteiger partial charge in [0, 0.05) is 10.5 Å². The van der Waals surface area contributed by atoms with Crippen molar-refractivity contribution < 1.29 is 18.7 Å². The van der Waals surface area contributed by atoms with E-state index in [1.807, 2.05) is 0 Å². The lowest BCUT2D eigenvalue weighted by molar-refractivity contribution is -0.118. The molecule has 0 aromatic heterocycles. The van der Waals surface area contributed by atoms with Gasteiger partial charge >= 0.3 is 0 Å². The van der Waals surface area contributed by atoms with E-state index in [1.54, 1.807) is 36.4 Å². The molecule has 22 heavy (non-hydrogen) atoms. The van der Waals surface area contributed by atoms with Crippen molar-refractivity contribution in [2.24, 2.45) is 0 Å². The van der Waals surface area contributed by atoms with E-state index in [9.17, 15) is 14.0 Å². The van der Waals surface area contributed by atoms with E-state index < -0.39 is 0 Å². The third kappa shape index (κ3) is 3.12. The van der Waals surface area contributed by atoms with Crippen molar-refractivity contribution in [2.45, 2.75) is 4.90 Å². The van der Waals surface area contributed by atoms with E-state index in [-0.39, 0.29) is 29.9 Å². The van der Waals surface area contributed by atoms with Gasteiger partial charge in [-0.15, -0.1) is 11.8 Å². The topological polar surface area (TPSA) is 55.4 Å². The van der Waals surface area contributed by atoms with E-state index in [1.165, 1.54) is 6.07 Å². The summed E-state index contributed by atoms with van der Waals surface area (Å²) in [5.41, 5.74) is 0.936. The fourth-order valence-electron chi connectivity index (χ4n) is 2.04. The Kier molecular flexibility index (Phi) is 4.11. The quantitative estimate of drug-likeness (QED) is 0.695. The molecule has 0 atom stereocenters. The van der Waals surface area contributed by atoms with Gasteiger partial charge in [0.25, 0.3) is 5.91 Å². The second kappa shape index (κ2) is 6.19. The number of Topliss-reactive ketones (excluding diaryl/α,β-unsaturated/α-hetero) is 1. The first-order valence-electron chi connectivity index (χ1n) is 6.61. The molecular formula is C16H12FNO3S. The van der Waals surface area contributed by atoms with Gasteiger partial charge in [0.1, 0.15) is 11.6 Å². The maximum atomic E-state index is 13.5. The van der Waals surface area contributed by atoms with Crippen LogP contribution in [0.2, 0.25) is 0 Å². The molecule has 0 saturated carbocycles. The molecule has 3 rings (SSSR count). The molecule has 0 saturated heterocycles. The van der Waals surface area contributed by atoms with Gasteiger partial charge in [0.15, 0.2) is 12.4 Å². The molecule has 0 radical (unpaired) electrons. The summed E-state index contributed by atoms with van der Waals surface area (Å²) in [6.07, 6.45) is 0. The minimum Gasteiger partial charge on any atom is -0.482 e. The normalized spacial score (nSPS) is 13.0. The molecule has 112 valence electrons. The van der Waals surface area contributed by atoms with Crippen LogP contribution in [-0.4, -0.2) is 24.1 Å². The van der Waals surface area contributed by atoms with Crippen LogP contribution in [0.4, 0.5) is 10.1 Å². The highest BCUT2D eigenvalue weighted by Gasteiger charge is 2.18. The smallest absolute Gasteiger partial charge is 0.262 e. The highest BCUT2D eigenvalue weighted by atomic mass is 32.2. The molecule has 0 aliphatic carbocycles. The fraction of sp³-hybridized carbons (Fsp3) is 0.125. The monoisotopic (exact) mass is 317 g/mol. The number of ketones is 1. The molecular weight excluding hydrogens is 305 g/mol. The van der Waals surface area contributed by atoms with Crippen LogP contribution in [-0.2, 0) is 4.79 Å². The van der Waals surface area contributed by atoms with Gasteiger partial charge < -0.3 is 10.1 Å². The average molecular weight is 317 g/mol. The molecule has 1 N–H and O–H groups in total. The predicted molar refractivity (Wildman–Crippen MR) is 82.0 cm³/mol. The van der Waals surface area contributed by atoms with Gasteiger partial charge in [0.2, 0.25) is 0 Å². The zero-order valence-corrected chi connectivity index (χ0v) is 12.3. The minimum atomic E-state index is -0.341. The lowest BCUT2D eigenvalue weighted by Gasteiger charge is -2.18. The Morgan fingerprint density at radius 2 is 2.09 bits per heavy atom. The van der Waals surface area contributed by atoms with Crippen LogP contribution in [0, 0.1) is 5.82 Å². The second-order valence-corrected chi connectivity index (χ2v) is 5.71. The summed E-state index contributed by atoms with van der Waals surface area (Å²) >= 11 is 1.14. The van der Waals surface area contributed by atoms with Crippen LogP contribution in [0.15, 0.2) is 47.4 Å².